The minimum absolute atomic E-state index is 0.175. The lowest BCUT2D eigenvalue weighted by molar-refractivity contribution is 0.264. The minimum Gasteiger partial charge on any atom is -0.339 e. The molecule has 4 nitrogen and oxygen atoms in total. The molecule has 1 saturated heterocycles. The molecule has 2 atom stereocenters. The van der Waals surface area contributed by atoms with Gasteiger partial charge in [-0.15, -0.1) is 0 Å². The maximum absolute atomic E-state index is 5.58. The summed E-state index contributed by atoms with van der Waals surface area (Å²) in [5.74, 6) is 3.41. The van der Waals surface area contributed by atoms with Crippen molar-refractivity contribution in [3.63, 3.8) is 0 Å². The predicted octanol–water partition coefficient (Wildman–Crippen LogP) is 1.66. The molecular formula is C13H19N3O. The van der Waals surface area contributed by atoms with Crippen LogP contribution in [0.15, 0.2) is 4.52 Å². The molecule has 3 fully saturated rings. The lowest BCUT2D eigenvalue weighted by Crippen LogP contribution is -2.31. The predicted molar refractivity (Wildman–Crippen MR) is 62.6 cm³/mol. The Kier molecular flexibility index (Phi) is 2.10. The van der Waals surface area contributed by atoms with Crippen LogP contribution >= 0.6 is 0 Å². The van der Waals surface area contributed by atoms with Crippen LogP contribution in [0.1, 0.15) is 43.8 Å². The highest BCUT2D eigenvalue weighted by Gasteiger charge is 2.51. The highest BCUT2D eigenvalue weighted by molar-refractivity contribution is 5.16. The van der Waals surface area contributed by atoms with E-state index in [2.05, 4.69) is 15.5 Å². The van der Waals surface area contributed by atoms with Gasteiger partial charge in [-0.05, 0) is 44.1 Å². The Labute approximate surface area is 101 Å². The van der Waals surface area contributed by atoms with E-state index in [9.17, 15) is 0 Å². The van der Waals surface area contributed by atoms with E-state index in [-0.39, 0.29) is 5.41 Å². The smallest absolute Gasteiger partial charge is 0.234 e. The van der Waals surface area contributed by atoms with Crippen molar-refractivity contribution in [2.75, 3.05) is 13.1 Å². The molecule has 0 amide bonds. The average Bonchev–Trinajstić information content (AvgIpc) is 2.76. The largest absolute Gasteiger partial charge is 0.339 e. The van der Waals surface area contributed by atoms with E-state index >= 15 is 0 Å². The molecule has 0 unspecified atom stereocenters. The molecule has 1 aromatic rings. The SMILES string of the molecule is C1C[C@H]2CNC[C@]2(c2nc(CC3CC3)no2)C1. The molecule has 0 bridgehead atoms. The third kappa shape index (κ3) is 1.53. The van der Waals surface area contributed by atoms with E-state index in [0.717, 1.165) is 43.1 Å². The van der Waals surface area contributed by atoms with Crippen molar-refractivity contribution in [3.8, 4) is 0 Å². The van der Waals surface area contributed by atoms with Crippen LogP contribution in [0.3, 0.4) is 0 Å². The number of fused-ring (bicyclic) bond motifs is 1. The van der Waals surface area contributed by atoms with Crippen LogP contribution in [0.4, 0.5) is 0 Å². The summed E-state index contributed by atoms with van der Waals surface area (Å²) >= 11 is 0. The summed E-state index contributed by atoms with van der Waals surface area (Å²) in [6.07, 6.45) is 7.56. The van der Waals surface area contributed by atoms with Gasteiger partial charge in [-0.3, -0.25) is 0 Å². The molecule has 2 aliphatic carbocycles. The van der Waals surface area contributed by atoms with Crippen molar-refractivity contribution in [2.24, 2.45) is 11.8 Å². The molecule has 0 spiro atoms. The quantitative estimate of drug-likeness (QED) is 0.862. The fraction of sp³-hybridized carbons (Fsp3) is 0.846. The van der Waals surface area contributed by atoms with Gasteiger partial charge in [0.25, 0.3) is 0 Å². The fourth-order valence-corrected chi connectivity index (χ4v) is 3.62. The summed E-state index contributed by atoms with van der Waals surface area (Å²) in [4.78, 5) is 4.69. The van der Waals surface area contributed by atoms with Crippen LogP contribution in [0, 0.1) is 11.8 Å². The van der Waals surface area contributed by atoms with E-state index < -0.39 is 0 Å². The van der Waals surface area contributed by atoms with Gasteiger partial charge in [0, 0.05) is 13.0 Å². The lowest BCUT2D eigenvalue weighted by atomic mass is 9.80. The zero-order valence-corrected chi connectivity index (χ0v) is 10.1. The summed E-state index contributed by atoms with van der Waals surface area (Å²) < 4.78 is 5.58. The molecule has 1 aliphatic heterocycles. The molecule has 3 aliphatic rings. The van der Waals surface area contributed by atoms with E-state index in [1.54, 1.807) is 0 Å². The number of hydrogen-bond donors (Lipinski definition) is 1. The minimum atomic E-state index is 0.175. The van der Waals surface area contributed by atoms with Crippen molar-refractivity contribution < 1.29 is 4.52 Å². The molecular weight excluding hydrogens is 214 g/mol. The summed E-state index contributed by atoms with van der Waals surface area (Å²) in [6.45, 7) is 2.16. The normalized spacial score (nSPS) is 36.4. The third-order valence-electron chi connectivity index (χ3n) is 4.85. The Hall–Kier alpha value is -0.900. The first-order valence-corrected chi connectivity index (χ1v) is 6.91. The molecule has 2 heterocycles. The summed E-state index contributed by atoms with van der Waals surface area (Å²) in [6, 6.07) is 0. The van der Waals surface area contributed by atoms with Crippen molar-refractivity contribution >= 4 is 0 Å². The molecule has 92 valence electrons. The first-order valence-electron chi connectivity index (χ1n) is 6.91. The van der Waals surface area contributed by atoms with Crippen molar-refractivity contribution in [3.05, 3.63) is 11.7 Å². The van der Waals surface area contributed by atoms with Gasteiger partial charge in [0.2, 0.25) is 5.89 Å². The van der Waals surface area contributed by atoms with E-state index in [4.69, 9.17) is 4.52 Å². The van der Waals surface area contributed by atoms with Gasteiger partial charge in [0.05, 0.1) is 5.41 Å². The Morgan fingerprint density at radius 1 is 1.35 bits per heavy atom. The van der Waals surface area contributed by atoms with Crippen LogP contribution in [0.25, 0.3) is 0 Å². The Balaban J connectivity index is 1.61. The number of aromatic nitrogens is 2. The number of rotatable bonds is 3. The van der Waals surface area contributed by atoms with E-state index in [1.165, 1.54) is 32.1 Å². The van der Waals surface area contributed by atoms with Crippen molar-refractivity contribution in [1.29, 1.82) is 0 Å². The Bertz CT molecular complexity index is 414. The molecule has 2 saturated carbocycles. The van der Waals surface area contributed by atoms with Gasteiger partial charge in [-0.25, -0.2) is 0 Å². The van der Waals surface area contributed by atoms with Gasteiger partial charge in [-0.1, -0.05) is 11.6 Å². The molecule has 1 N–H and O–H groups in total. The maximum atomic E-state index is 5.58. The fourth-order valence-electron chi connectivity index (χ4n) is 3.62. The molecule has 4 rings (SSSR count). The first-order chi connectivity index (χ1) is 8.37. The Morgan fingerprint density at radius 3 is 3.18 bits per heavy atom. The zero-order valence-electron chi connectivity index (χ0n) is 10.1. The van der Waals surface area contributed by atoms with Gasteiger partial charge < -0.3 is 9.84 Å². The van der Waals surface area contributed by atoms with Crippen LogP contribution in [0.2, 0.25) is 0 Å². The molecule has 0 radical (unpaired) electrons. The third-order valence-corrected chi connectivity index (χ3v) is 4.85. The molecule has 17 heavy (non-hydrogen) atoms. The second kappa shape index (κ2) is 3.55. The number of nitrogens with one attached hydrogen (secondary N) is 1. The standard InChI is InChI=1S/C13H19N3O/c1-2-10-7-14-8-13(10,5-1)12-15-11(16-17-12)6-9-3-4-9/h9-10,14H,1-8H2/t10-,13+/m0/s1. The number of nitrogens with zero attached hydrogens (tertiary/aromatic N) is 2. The summed E-state index contributed by atoms with van der Waals surface area (Å²) in [7, 11) is 0. The van der Waals surface area contributed by atoms with E-state index in [0.29, 0.717) is 0 Å². The average molecular weight is 233 g/mol. The second-order valence-corrected chi connectivity index (χ2v) is 6.04. The van der Waals surface area contributed by atoms with Crippen LogP contribution < -0.4 is 5.32 Å². The van der Waals surface area contributed by atoms with E-state index in [1.807, 2.05) is 0 Å². The monoisotopic (exact) mass is 233 g/mol. The van der Waals surface area contributed by atoms with Gasteiger partial charge >= 0.3 is 0 Å². The van der Waals surface area contributed by atoms with Crippen molar-refractivity contribution in [2.45, 2.75) is 43.9 Å². The van der Waals surface area contributed by atoms with Crippen molar-refractivity contribution in [1.82, 2.24) is 15.5 Å². The second-order valence-electron chi connectivity index (χ2n) is 6.04. The lowest BCUT2D eigenvalue weighted by Gasteiger charge is -2.22. The molecule has 4 heteroatoms. The zero-order chi connectivity index (χ0) is 11.3. The first kappa shape index (κ1) is 10.1. The molecule has 0 aromatic carbocycles. The highest BCUT2D eigenvalue weighted by Crippen LogP contribution is 2.47. The van der Waals surface area contributed by atoms with Gasteiger partial charge in [-0.2, -0.15) is 4.98 Å². The highest BCUT2D eigenvalue weighted by atomic mass is 16.5. The van der Waals surface area contributed by atoms with Gasteiger partial charge in [0.15, 0.2) is 5.82 Å². The van der Waals surface area contributed by atoms with Crippen LogP contribution in [-0.2, 0) is 11.8 Å². The summed E-state index contributed by atoms with van der Waals surface area (Å²) in [5.41, 5.74) is 0.175. The topological polar surface area (TPSA) is 51.0 Å². The Morgan fingerprint density at radius 2 is 2.29 bits per heavy atom. The molecule has 1 aromatic heterocycles. The van der Waals surface area contributed by atoms with Gasteiger partial charge in [0.1, 0.15) is 0 Å². The summed E-state index contributed by atoms with van der Waals surface area (Å²) in [5, 5.41) is 7.68. The number of hydrogen-bond acceptors (Lipinski definition) is 4. The van der Waals surface area contributed by atoms with Crippen LogP contribution in [-0.4, -0.2) is 23.2 Å². The van der Waals surface area contributed by atoms with Crippen LogP contribution in [0.5, 0.6) is 0 Å². The maximum Gasteiger partial charge on any atom is 0.234 e.